The maximum atomic E-state index is 11.8. The SMILES string of the molecule is Cc1ccc2nc(NCCOCC(F)(F)F)nn2c1. The van der Waals surface area contributed by atoms with Gasteiger partial charge in [0.25, 0.3) is 0 Å². The van der Waals surface area contributed by atoms with Gasteiger partial charge in [0.2, 0.25) is 5.95 Å². The van der Waals surface area contributed by atoms with Crippen LogP contribution in [0.25, 0.3) is 5.65 Å². The van der Waals surface area contributed by atoms with Gasteiger partial charge in [-0.15, -0.1) is 5.10 Å². The number of fused-ring (bicyclic) bond motifs is 1. The Kier molecular flexibility index (Phi) is 3.89. The van der Waals surface area contributed by atoms with Crippen LogP contribution < -0.4 is 5.32 Å². The maximum absolute atomic E-state index is 11.8. The van der Waals surface area contributed by atoms with E-state index in [-0.39, 0.29) is 13.2 Å². The van der Waals surface area contributed by atoms with Gasteiger partial charge in [-0.25, -0.2) is 4.52 Å². The second kappa shape index (κ2) is 5.43. The Balaban J connectivity index is 1.82. The molecule has 8 heteroatoms. The van der Waals surface area contributed by atoms with E-state index < -0.39 is 12.8 Å². The lowest BCUT2D eigenvalue weighted by Gasteiger charge is -2.07. The molecule has 0 radical (unpaired) electrons. The van der Waals surface area contributed by atoms with Crippen molar-refractivity contribution in [2.75, 3.05) is 25.1 Å². The fourth-order valence-electron chi connectivity index (χ4n) is 1.48. The minimum Gasteiger partial charge on any atom is -0.370 e. The molecule has 0 amide bonds. The summed E-state index contributed by atoms with van der Waals surface area (Å²) in [6, 6.07) is 3.72. The average molecular weight is 274 g/mol. The third kappa shape index (κ3) is 4.09. The van der Waals surface area contributed by atoms with Gasteiger partial charge >= 0.3 is 6.18 Å². The molecular formula is C11H13F3N4O. The zero-order valence-electron chi connectivity index (χ0n) is 10.2. The molecule has 2 aromatic rings. The number of alkyl halides is 3. The van der Waals surface area contributed by atoms with Crippen LogP contribution >= 0.6 is 0 Å². The Morgan fingerprint density at radius 1 is 1.37 bits per heavy atom. The normalized spacial score (nSPS) is 12.0. The zero-order chi connectivity index (χ0) is 13.9. The lowest BCUT2D eigenvalue weighted by molar-refractivity contribution is -0.172. The molecule has 0 aliphatic carbocycles. The maximum Gasteiger partial charge on any atom is 0.411 e. The van der Waals surface area contributed by atoms with Gasteiger partial charge in [-0.05, 0) is 18.6 Å². The summed E-state index contributed by atoms with van der Waals surface area (Å²) in [5.41, 5.74) is 1.71. The largest absolute Gasteiger partial charge is 0.411 e. The van der Waals surface area contributed by atoms with E-state index in [4.69, 9.17) is 0 Å². The lowest BCUT2D eigenvalue weighted by atomic mass is 10.3. The number of ether oxygens (including phenoxy) is 1. The molecule has 0 atom stereocenters. The molecule has 0 bridgehead atoms. The molecule has 104 valence electrons. The van der Waals surface area contributed by atoms with Crippen LogP contribution in [-0.2, 0) is 4.74 Å². The molecule has 2 aromatic heterocycles. The predicted octanol–water partition coefficient (Wildman–Crippen LogP) is 2.03. The van der Waals surface area contributed by atoms with E-state index in [1.807, 2.05) is 25.3 Å². The van der Waals surface area contributed by atoms with E-state index >= 15 is 0 Å². The Labute approximate surface area is 107 Å². The topological polar surface area (TPSA) is 51.5 Å². The summed E-state index contributed by atoms with van der Waals surface area (Å²) in [7, 11) is 0. The Hall–Kier alpha value is -1.83. The van der Waals surface area contributed by atoms with Crippen LogP contribution in [0.1, 0.15) is 5.56 Å². The first kappa shape index (κ1) is 13.6. The van der Waals surface area contributed by atoms with Crippen LogP contribution in [-0.4, -0.2) is 40.5 Å². The molecule has 0 saturated carbocycles. The van der Waals surface area contributed by atoms with E-state index in [0.717, 1.165) is 5.56 Å². The summed E-state index contributed by atoms with van der Waals surface area (Å²) < 4.78 is 41.5. The van der Waals surface area contributed by atoms with Crippen LogP contribution in [0.5, 0.6) is 0 Å². The third-order valence-corrected chi connectivity index (χ3v) is 2.27. The Morgan fingerprint density at radius 2 is 2.16 bits per heavy atom. The van der Waals surface area contributed by atoms with Crippen molar-refractivity contribution >= 4 is 11.6 Å². The Morgan fingerprint density at radius 3 is 2.89 bits per heavy atom. The number of anilines is 1. The quantitative estimate of drug-likeness (QED) is 0.848. The van der Waals surface area contributed by atoms with Crippen molar-refractivity contribution in [2.45, 2.75) is 13.1 Å². The molecule has 0 unspecified atom stereocenters. The van der Waals surface area contributed by atoms with Crippen molar-refractivity contribution in [1.82, 2.24) is 14.6 Å². The van der Waals surface area contributed by atoms with Crippen molar-refractivity contribution in [3.05, 3.63) is 23.9 Å². The molecule has 0 aliphatic rings. The van der Waals surface area contributed by atoms with Gasteiger partial charge in [-0.1, -0.05) is 6.07 Å². The Bertz CT molecular complexity index is 552. The third-order valence-electron chi connectivity index (χ3n) is 2.27. The molecule has 1 N–H and O–H groups in total. The summed E-state index contributed by atoms with van der Waals surface area (Å²) in [6.07, 6.45) is -2.48. The van der Waals surface area contributed by atoms with Crippen molar-refractivity contribution in [3.8, 4) is 0 Å². The predicted molar refractivity (Wildman–Crippen MR) is 63.1 cm³/mol. The van der Waals surface area contributed by atoms with Gasteiger partial charge in [0.05, 0.1) is 6.61 Å². The minimum atomic E-state index is -4.29. The second-order valence-electron chi connectivity index (χ2n) is 4.04. The molecule has 19 heavy (non-hydrogen) atoms. The molecule has 5 nitrogen and oxygen atoms in total. The second-order valence-corrected chi connectivity index (χ2v) is 4.04. The molecule has 2 heterocycles. The monoisotopic (exact) mass is 274 g/mol. The van der Waals surface area contributed by atoms with Crippen LogP contribution in [0.15, 0.2) is 18.3 Å². The van der Waals surface area contributed by atoms with Crippen LogP contribution in [0, 0.1) is 6.92 Å². The summed E-state index contributed by atoms with van der Waals surface area (Å²) in [5.74, 6) is 0.362. The van der Waals surface area contributed by atoms with Gasteiger partial charge in [0.1, 0.15) is 6.61 Å². The van der Waals surface area contributed by atoms with Crippen LogP contribution in [0.2, 0.25) is 0 Å². The molecule has 0 spiro atoms. The van der Waals surface area contributed by atoms with Gasteiger partial charge in [0, 0.05) is 12.7 Å². The number of nitrogens with zero attached hydrogens (tertiary/aromatic N) is 3. The summed E-state index contributed by atoms with van der Waals surface area (Å²) in [6.45, 7) is 0.839. The standard InChI is InChI=1S/C11H13F3N4O/c1-8-2-3-9-16-10(17-18(9)6-8)15-4-5-19-7-11(12,13)14/h2-3,6H,4-5,7H2,1H3,(H,15,17). The van der Waals surface area contributed by atoms with Crippen molar-refractivity contribution in [1.29, 1.82) is 0 Å². The van der Waals surface area contributed by atoms with E-state index in [9.17, 15) is 13.2 Å². The van der Waals surface area contributed by atoms with Crippen molar-refractivity contribution in [3.63, 3.8) is 0 Å². The number of pyridine rings is 1. The first-order valence-corrected chi connectivity index (χ1v) is 5.65. The fourth-order valence-corrected chi connectivity index (χ4v) is 1.48. The molecule has 2 rings (SSSR count). The fraction of sp³-hybridized carbons (Fsp3) is 0.455. The highest BCUT2D eigenvalue weighted by atomic mass is 19.4. The van der Waals surface area contributed by atoms with E-state index in [0.29, 0.717) is 11.6 Å². The number of aryl methyl sites for hydroxylation is 1. The van der Waals surface area contributed by atoms with Crippen molar-refractivity contribution in [2.24, 2.45) is 0 Å². The van der Waals surface area contributed by atoms with Crippen LogP contribution in [0.3, 0.4) is 0 Å². The molecule has 0 fully saturated rings. The smallest absolute Gasteiger partial charge is 0.370 e. The first-order chi connectivity index (χ1) is 8.94. The highest BCUT2D eigenvalue weighted by Gasteiger charge is 2.27. The van der Waals surface area contributed by atoms with Gasteiger partial charge < -0.3 is 10.1 Å². The number of hydrogen-bond acceptors (Lipinski definition) is 4. The number of nitrogens with one attached hydrogen (secondary N) is 1. The summed E-state index contributed by atoms with van der Waals surface area (Å²) in [4.78, 5) is 4.16. The number of halogens is 3. The van der Waals surface area contributed by atoms with E-state index in [1.165, 1.54) is 0 Å². The highest BCUT2D eigenvalue weighted by molar-refractivity contribution is 5.43. The minimum absolute atomic E-state index is 0.0614. The van der Waals surface area contributed by atoms with E-state index in [2.05, 4.69) is 20.1 Å². The first-order valence-electron chi connectivity index (χ1n) is 5.65. The van der Waals surface area contributed by atoms with Gasteiger partial charge in [-0.2, -0.15) is 18.2 Å². The molecule has 0 aromatic carbocycles. The van der Waals surface area contributed by atoms with Crippen molar-refractivity contribution < 1.29 is 17.9 Å². The van der Waals surface area contributed by atoms with Crippen LogP contribution in [0.4, 0.5) is 19.1 Å². The molecule has 0 aliphatic heterocycles. The summed E-state index contributed by atoms with van der Waals surface area (Å²) >= 11 is 0. The average Bonchev–Trinajstić information content (AvgIpc) is 2.68. The van der Waals surface area contributed by atoms with Gasteiger partial charge in [-0.3, -0.25) is 0 Å². The summed E-state index contributed by atoms with van der Waals surface area (Å²) in [5, 5.41) is 6.94. The number of hydrogen-bond donors (Lipinski definition) is 1. The number of aromatic nitrogens is 3. The van der Waals surface area contributed by atoms with E-state index in [1.54, 1.807) is 4.52 Å². The number of rotatable bonds is 5. The molecular weight excluding hydrogens is 261 g/mol. The zero-order valence-corrected chi connectivity index (χ0v) is 10.2. The van der Waals surface area contributed by atoms with Gasteiger partial charge in [0.15, 0.2) is 5.65 Å². The lowest BCUT2D eigenvalue weighted by Crippen LogP contribution is -2.20. The molecule has 0 saturated heterocycles. The highest BCUT2D eigenvalue weighted by Crippen LogP contribution is 2.14.